The normalized spacial score (nSPS) is 14.0. The van der Waals surface area contributed by atoms with Crippen molar-refractivity contribution in [2.75, 3.05) is 33.2 Å². The Hall–Kier alpha value is -1.65. The van der Waals surface area contributed by atoms with Crippen LogP contribution in [-0.4, -0.2) is 48.9 Å². The molecule has 28 heavy (non-hydrogen) atoms. The zero-order valence-corrected chi connectivity index (χ0v) is 18.5. The number of hydrogen-bond donors (Lipinski definition) is 0. The standard InChI is InChI=1S/C24H34N2OS/c1-19-9-10-23-22(20(19)2)11-16-26(24(23)27)15-7-14-25(3)13-6-4-5-8-21-12-17-28-18-21/h9-10,12,17-18H,4-8,11,13-16H2,1-3H3. The largest absolute Gasteiger partial charge is 0.338 e. The van der Waals surface area contributed by atoms with Crippen molar-refractivity contribution in [2.24, 2.45) is 0 Å². The van der Waals surface area contributed by atoms with E-state index in [0.29, 0.717) is 0 Å². The molecule has 1 aromatic carbocycles. The zero-order chi connectivity index (χ0) is 19.9. The van der Waals surface area contributed by atoms with E-state index in [2.05, 4.69) is 48.7 Å². The molecule has 2 heterocycles. The monoisotopic (exact) mass is 398 g/mol. The van der Waals surface area contributed by atoms with E-state index in [9.17, 15) is 4.79 Å². The second kappa shape index (κ2) is 10.2. The van der Waals surface area contributed by atoms with E-state index in [4.69, 9.17) is 0 Å². The topological polar surface area (TPSA) is 23.6 Å². The fourth-order valence-corrected chi connectivity index (χ4v) is 4.80. The highest BCUT2D eigenvalue weighted by atomic mass is 32.1. The Labute approximate surface area is 174 Å². The molecule has 0 aliphatic carbocycles. The van der Waals surface area contributed by atoms with Gasteiger partial charge in [-0.15, -0.1) is 0 Å². The maximum atomic E-state index is 12.8. The minimum atomic E-state index is 0.223. The number of benzene rings is 1. The second-order valence-electron chi connectivity index (χ2n) is 8.17. The molecule has 1 aliphatic heterocycles. The molecule has 4 heteroatoms. The molecule has 0 unspecified atom stereocenters. The number of aryl methyl sites for hydroxylation is 2. The third-order valence-electron chi connectivity index (χ3n) is 6.07. The van der Waals surface area contributed by atoms with Crippen LogP contribution in [0.15, 0.2) is 29.0 Å². The highest BCUT2D eigenvalue weighted by Gasteiger charge is 2.25. The lowest BCUT2D eigenvalue weighted by Gasteiger charge is -2.30. The van der Waals surface area contributed by atoms with E-state index < -0.39 is 0 Å². The Balaban J connectivity index is 1.33. The van der Waals surface area contributed by atoms with Crippen LogP contribution in [0.2, 0.25) is 0 Å². The molecule has 0 saturated carbocycles. The Morgan fingerprint density at radius 3 is 2.68 bits per heavy atom. The van der Waals surface area contributed by atoms with E-state index in [1.807, 2.05) is 11.0 Å². The molecule has 3 rings (SSSR count). The van der Waals surface area contributed by atoms with Gasteiger partial charge in [-0.1, -0.05) is 12.5 Å². The number of fused-ring (bicyclic) bond motifs is 1. The van der Waals surface area contributed by atoms with Crippen molar-refractivity contribution >= 4 is 17.2 Å². The smallest absolute Gasteiger partial charge is 0.254 e. The van der Waals surface area contributed by atoms with Crippen LogP contribution in [0.25, 0.3) is 0 Å². The molecule has 0 radical (unpaired) electrons. The summed E-state index contributed by atoms with van der Waals surface area (Å²) >= 11 is 1.79. The van der Waals surface area contributed by atoms with Crippen LogP contribution in [0.1, 0.15) is 58.3 Å². The number of carbonyl (C=O) groups is 1. The number of rotatable bonds is 10. The molecule has 0 bridgehead atoms. The van der Waals surface area contributed by atoms with Gasteiger partial charge in [0.15, 0.2) is 0 Å². The lowest BCUT2D eigenvalue weighted by Crippen LogP contribution is -2.39. The number of nitrogens with zero attached hydrogens (tertiary/aromatic N) is 2. The van der Waals surface area contributed by atoms with Gasteiger partial charge in [-0.2, -0.15) is 11.3 Å². The Bertz CT molecular complexity index is 769. The molecule has 0 spiro atoms. The van der Waals surface area contributed by atoms with Crippen molar-refractivity contribution in [1.82, 2.24) is 9.80 Å². The SMILES string of the molecule is Cc1ccc2c(c1C)CCN(CCCN(C)CCCCCc1ccsc1)C2=O. The predicted molar refractivity (Wildman–Crippen MR) is 120 cm³/mol. The van der Waals surface area contributed by atoms with Gasteiger partial charge in [0.25, 0.3) is 5.91 Å². The van der Waals surface area contributed by atoms with Crippen molar-refractivity contribution in [2.45, 2.75) is 52.4 Å². The van der Waals surface area contributed by atoms with Gasteiger partial charge in [-0.05, 0) is 111 Å². The van der Waals surface area contributed by atoms with Gasteiger partial charge < -0.3 is 9.80 Å². The fourth-order valence-electron chi connectivity index (χ4n) is 4.09. The summed E-state index contributed by atoms with van der Waals surface area (Å²) in [5.41, 5.74) is 6.26. The lowest BCUT2D eigenvalue weighted by molar-refractivity contribution is 0.0733. The van der Waals surface area contributed by atoms with Gasteiger partial charge in [0.2, 0.25) is 0 Å². The molecule has 0 fully saturated rings. The van der Waals surface area contributed by atoms with E-state index in [1.165, 1.54) is 47.9 Å². The van der Waals surface area contributed by atoms with Crippen LogP contribution in [0.4, 0.5) is 0 Å². The average Bonchev–Trinajstić information content (AvgIpc) is 3.20. The van der Waals surface area contributed by atoms with Crippen molar-refractivity contribution in [3.63, 3.8) is 0 Å². The van der Waals surface area contributed by atoms with Gasteiger partial charge in [0.05, 0.1) is 0 Å². The quantitative estimate of drug-likeness (QED) is 0.520. The molecule has 1 aliphatic rings. The van der Waals surface area contributed by atoms with Crippen LogP contribution in [0, 0.1) is 13.8 Å². The Morgan fingerprint density at radius 2 is 1.89 bits per heavy atom. The minimum Gasteiger partial charge on any atom is -0.338 e. The zero-order valence-electron chi connectivity index (χ0n) is 17.7. The third-order valence-corrected chi connectivity index (χ3v) is 6.80. The molecule has 1 aromatic heterocycles. The van der Waals surface area contributed by atoms with Crippen LogP contribution in [0.5, 0.6) is 0 Å². The van der Waals surface area contributed by atoms with E-state index in [-0.39, 0.29) is 5.91 Å². The Kier molecular flexibility index (Phi) is 7.69. The molecule has 1 amide bonds. The highest BCUT2D eigenvalue weighted by Crippen LogP contribution is 2.24. The molecule has 0 N–H and O–H groups in total. The van der Waals surface area contributed by atoms with Crippen molar-refractivity contribution in [1.29, 1.82) is 0 Å². The van der Waals surface area contributed by atoms with Gasteiger partial charge >= 0.3 is 0 Å². The van der Waals surface area contributed by atoms with Crippen molar-refractivity contribution < 1.29 is 4.79 Å². The van der Waals surface area contributed by atoms with E-state index in [0.717, 1.165) is 44.6 Å². The molecule has 3 nitrogen and oxygen atoms in total. The van der Waals surface area contributed by atoms with E-state index >= 15 is 0 Å². The highest BCUT2D eigenvalue weighted by molar-refractivity contribution is 7.07. The van der Waals surface area contributed by atoms with Crippen molar-refractivity contribution in [3.8, 4) is 0 Å². The third kappa shape index (κ3) is 5.45. The second-order valence-corrected chi connectivity index (χ2v) is 8.95. The predicted octanol–water partition coefficient (Wildman–Crippen LogP) is 5.10. The van der Waals surface area contributed by atoms with Gasteiger partial charge in [0, 0.05) is 18.7 Å². The summed E-state index contributed by atoms with van der Waals surface area (Å²) < 4.78 is 0. The first-order valence-electron chi connectivity index (χ1n) is 10.6. The summed E-state index contributed by atoms with van der Waals surface area (Å²) in [6, 6.07) is 6.34. The number of thiophene rings is 1. The summed E-state index contributed by atoms with van der Waals surface area (Å²) in [6.45, 7) is 8.22. The maximum absolute atomic E-state index is 12.8. The van der Waals surface area contributed by atoms with Gasteiger partial charge in [-0.3, -0.25) is 4.79 Å². The first kappa shape index (κ1) is 21.1. The van der Waals surface area contributed by atoms with Crippen LogP contribution < -0.4 is 0 Å². The fraction of sp³-hybridized carbons (Fsp3) is 0.542. The maximum Gasteiger partial charge on any atom is 0.254 e. The lowest BCUT2D eigenvalue weighted by atomic mass is 9.91. The minimum absolute atomic E-state index is 0.223. The van der Waals surface area contributed by atoms with Crippen LogP contribution in [-0.2, 0) is 12.8 Å². The molecular weight excluding hydrogens is 364 g/mol. The van der Waals surface area contributed by atoms with Gasteiger partial charge in [-0.25, -0.2) is 0 Å². The van der Waals surface area contributed by atoms with Crippen LogP contribution >= 0.6 is 11.3 Å². The molecule has 152 valence electrons. The summed E-state index contributed by atoms with van der Waals surface area (Å²) in [4.78, 5) is 17.3. The number of amides is 1. The summed E-state index contributed by atoms with van der Waals surface area (Å²) in [6.07, 6.45) is 7.09. The van der Waals surface area contributed by atoms with Crippen molar-refractivity contribution in [3.05, 3.63) is 56.8 Å². The number of hydrogen-bond acceptors (Lipinski definition) is 3. The van der Waals surface area contributed by atoms with Crippen LogP contribution in [0.3, 0.4) is 0 Å². The number of unbranched alkanes of at least 4 members (excludes halogenated alkanes) is 2. The first-order valence-corrected chi connectivity index (χ1v) is 11.6. The summed E-state index contributed by atoms with van der Waals surface area (Å²) in [5.74, 6) is 0.223. The van der Waals surface area contributed by atoms with Gasteiger partial charge in [0.1, 0.15) is 0 Å². The first-order chi connectivity index (χ1) is 13.6. The molecule has 0 atom stereocenters. The summed E-state index contributed by atoms with van der Waals surface area (Å²) in [5, 5.41) is 4.42. The number of carbonyl (C=O) groups excluding carboxylic acids is 1. The molecule has 2 aromatic rings. The average molecular weight is 399 g/mol. The molecule has 0 saturated heterocycles. The molecular formula is C24H34N2OS. The summed E-state index contributed by atoms with van der Waals surface area (Å²) in [7, 11) is 2.21. The van der Waals surface area contributed by atoms with E-state index in [1.54, 1.807) is 11.3 Å². The Morgan fingerprint density at radius 1 is 1.07 bits per heavy atom.